The molecule has 1 aliphatic carbocycles. The number of amides is 2. The third-order valence-electron chi connectivity index (χ3n) is 4.39. The van der Waals surface area contributed by atoms with Crippen LogP contribution >= 0.6 is 0 Å². The fourth-order valence-electron chi connectivity index (χ4n) is 3.35. The smallest absolute Gasteiger partial charge is 0.233 e. The third-order valence-corrected chi connectivity index (χ3v) is 4.39. The summed E-state index contributed by atoms with van der Waals surface area (Å²) in [6.07, 6.45) is 3.41. The summed E-state index contributed by atoms with van der Waals surface area (Å²) in [7, 11) is 1.80. The van der Waals surface area contributed by atoms with Crippen molar-refractivity contribution in [2.24, 2.45) is 17.8 Å². The number of hydrogen-bond donors (Lipinski definition) is 1. The minimum atomic E-state index is -0.0814. The highest BCUT2D eigenvalue weighted by molar-refractivity contribution is 6.05. The van der Waals surface area contributed by atoms with Crippen molar-refractivity contribution < 1.29 is 9.59 Å². The highest BCUT2D eigenvalue weighted by Gasteiger charge is 2.51. The van der Waals surface area contributed by atoms with Crippen LogP contribution in [-0.4, -0.2) is 28.7 Å². The number of hydrogen-bond acceptors (Lipinski definition) is 4. The van der Waals surface area contributed by atoms with Crippen LogP contribution in [0.3, 0.4) is 0 Å². The minimum Gasteiger partial charge on any atom is -0.373 e. The van der Waals surface area contributed by atoms with E-state index in [0.29, 0.717) is 12.5 Å². The summed E-state index contributed by atoms with van der Waals surface area (Å²) in [5.74, 6) is 1.10. The van der Waals surface area contributed by atoms with E-state index in [4.69, 9.17) is 0 Å². The number of pyridine rings is 1. The lowest BCUT2D eigenvalue weighted by molar-refractivity contribution is -0.141. The second kappa shape index (κ2) is 4.89. The molecule has 2 heterocycles. The van der Waals surface area contributed by atoms with Crippen molar-refractivity contribution in [1.29, 1.82) is 0 Å². The van der Waals surface area contributed by atoms with Crippen LogP contribution in [0.2, 0.25) is 0 Å². The van der Waals surface area contributed by atoms with Gasteiger partial charge in [-0.15, -0.1) is 0 Å². The number of imide groups is 1. The van der Waals surface area contributed by atoms with Crippen LogP contribution in [0, 0.1) is 17.8 Å². The monoisotopic (exact) mass is 273 g/mol. The van der Waals surface area contributed by atoms with Gasteiger partial charge < -0.3 is 5.32 Å². The van der Waals surface area contributed by atoms with Gasteiger partial charge in [0, 0.05) is 13.2 Å². The first-order valence-corrected chi connectivity index (χ1v) is 7.08. The standard InChI is InChI=1S/C15H19N3O2/c1-9-5-11-12(6-9)15(20)18(14(11)19)8-10-3-4-13(16-2)17-7-10/h3-4,7,9,11-12H,5-6,8H2,1-2H3,(H,16,17). The van der Waals surface area contributed by atoms with Crippen molar-refractivity contribution in [3.05, 3.63) is 23.9 Å². The van der Waals surface area contributed by atoms with E-state index in [0.717, 1.165) is 24.2 Å². The lowest BCUT2D eigenvalue weighted by Gasteiger charge is -2.16. The summed E-state index contributed by atoms with van der Waals surface area (Å²) < 4.78 is 0. The Bertz CT molecular complexity index is 517. The molecule has 1 aromatic heterocycles. The molecule has 1 saturated carbocycles. The molecule has 1 aliphatic heterocycles. The summed E-state index contributed by atoms with van der Waals surface area (Å²) in [5.41, 5.74) is 0.888. The normalized spacial score (nSPS) is 28.9. The Kier molecular flexibility index (Phi) is 3.20. The van der Waals surface area contributed by atoms with Crippen LogP contribution in [0.4, 0.5) is 5.82 Å². The van der Waals surface area contributed by atoms with Gasteiger partial charge in [-0.25, -0.2) is 4.98 Å². The second-order valence-corrected chi connectivity index (χ2v) is 5.85. The molecule has 0 radical (unpaired) electrons. The summed E-state index contributed by atoms with van der Waals surface area (Å²) >= 11 is 0. The lowest BCUT2D eigenvalue weighted by Crippen LogP contribution is -2.31. The SMILES string of the molecule is CNc1ccc(CN2C(=O)C3CC(C)CC3C2=O)cn1. The summed E-state index contributed by atoms with van der Waals surface area (Å²) in [4.78, 5) is 30.3. The maximum atomic E-state index is 12.3. The Hall–Kier alpha value is -1.91. The van der Waals surface area contributed by atoms with Crippen LogP contribution in [0.1, 0.15) is 25.3 Å². The molecule has 1 aromatic rings. The van der Waals surface area contributed by atoms with Gasteiger partial charge in [-0.05, 0) is 30.4 Å². The molecule has 0 spiro atoms. The summed E-state index contributed by atoms with van der Waals surface area (Å²) in [5, 5.41) is 2.94. The molecule has 2 unspecified atom stereocenters. The Labute approximate surface area is 118 Å². The number of fused-ring (bicyclic) bond motifs is 1. The van der Waals surface area contributed by atoms with Crippen molar-refractivity contribution in [2.45, 2.75) is 26.3 Å². The maximum Gasteiger partial charge on any atom is 0.233 e. The Morgan fingerprint density at radius 3 is 2.40 bits per heavy atom. The molecule has 0 aromatic carbocycles. The maximum absolute atomic E-state index is 12.3. The van der Waals surface area contributed by atoms with Gasteiger partial charge in [0.2, 0.25) is 11.8 Å². The molecule has 1 N–H and O–H groups in total. The van der Waals surface area contributed by atoms with E-state index in [1.165, 1.54) is 4.90 Å². The second-order valence-electron chi connectivity index (χ2n) is 5.85. The fourth-order valence-corrected chi connectivity index (χ4v) is 3.35. The van der Waals surface area contributed by atoms with Gasteiger partial charge in [0.15, 0.2) is 0 Å². The Balaban J connectivity index is 1.75. The van der Waals surface area contributed by atoms with Crippen molar-refractivity contribution in [1.82, 2.24) is 9.88 Å². The number of carbonyl (C=O) groups is 2. The lowest BCUT2D eigenvalue weighted by atomic mass is 10.00. The molecule has 2 amide bonds. The molecule has 5 heteroatoms. The van der Waals surface area contributed by atoms with Crippen molar-refractivity contribution in [3.8, 4) is 0 Å². The van der Waals surface area contributed by atoms with Crippen LogP contribution in [0.15, 0.2) is 18.3 Å². The van der Waals surface area contributed by atoms with E-state index < -0.39 is 0 Å². The van der Waals surface area contributed by atoms with E-state index in [-0.39, 0.29) is 23.7 Å². The zero-order valence-corrected chi connectivity index (χ0v) is 11.8. The number of likely N-dealkylation sites (tertiary alicyclic amines) is 1. The Morgan fingerprint density at radius 2 is 1.90 bits per heavy atom. The van der Waals surface area contributed by atoms with Crippen molar-refractivity contribution in [3.63, 3.8) is 0 Å². The average molecular weight is 273 g/mol. The minimum absolute atomic E-state index is 0.00189. The zero-order valence-electron chi connectivity index (χ0n) is 11.8. The van der Waals surface area contributed by atoms with Crippen LogP contribution in [-0.2, 0) is 16.1 Å². The molecular weight excluding hydrogens is 254 g/mol. The molecule has 1 saturated heterocycles. The first kappa shape index (κ1) is 13.1. The Morgan fingerprint density at radius 1 is 1.25 bits per heavy atom. The predicted molar refractivity (Wildman–Crippen MR) is 74.7 cm³/mol. The first-order valence-electron chi connectivity index (χ1n) is 7.08. The zero-order chi connectivity index (χ0) is 14.3. The van der Waals surface area contributed by atoms with Crippen molar-refractivity contribution >= 4 is 17.6 Å². The van der Waals surface area contributed by atoms with E-state index in [1.54, 1.807) is 13.2 Å². The van der Waals surface area contributed by atoms with Gasteiger partial charge in [0.05, 0.1) is 18.4 Å². The van der Waals surface area contributed by atoms with Crippen LogP contribution in [0.5, 0.6) is 0 Å². The molecular formula is C15H19N3O2. The number of nitrogens with one attached hydrogen (secondary N) is 1. The number of carbonyl (C=O) groups excluding carboxylic acids is 2. The molecule has 2 atom stereocenters. The molecule has 20 heavy (non-hydrogen) atoms. The molecule has 0 bridgehead atoms. The highest BCUT2D eigenvalue weighted by Crippen LogP contribution is 2.43. The summed E-state index contributed by atoms with van der Waals surface area (Å²) in [6, 6.07) is 3.75. The van der Waals surface area contributed by atoms with Gasteiger partial charge in [-0.2, -0.15) is 0 Å². The van der Waals surface area contributed by atoms with Crippen LogP contribution in [0.25, 0.3) is 0 Å². The highest BCUT2D eigenvalue weighted by atomic mass is 16.2. The van der Waals surface area contributed by atoms with Gasteiger partial charge >= 0.3 is 0 Å². The molecule has 5 nitrogen and oxygen atoms in total. The molecule has 2 fully saturated rings. The topological polar surface area (TPSA) is 62.3 Å². The first-order chi connectivity index (χ1) is 9.60. The van der Waals surface area contributed by atoms with E-state index in [9.17, 15) is 9.59 Å². The van der Waals surface area contributed by atoms with Crippen molar-refractivity contribution in [2.75, 3.05) is 12.4 Å². The van der Waals surface area contributed by atoms with E-state index >= 15 is 0 Å². The number of anilines is 1. The van der Waals surface area contributed by atoms with Gasteiger partial charge in [0.25, 0.3) is 0 Å². The van der Waals surface area contributed by atoms with Gasteiger partial charge in [-0.1, -0.05) is 13.0 Å². The molecule has 3 rings (SSSR count). The average Bonchev–Trinajstić information content (AvgIpc) is 2.93. The summed E-state index contributed by atoms with van der Waals surface area (Å²) in [6.45, 7) is 2.46. The quantitative estimate of drug-likeness (QED) is 0.851. The third kappa shape index (κ3) is 2.07. The van der Waals surface area contributed by atoms with Crippen LogP contribution < -0.4 is 5.32 Å². The predicted octanol–water partition coefficient (Wildman–Crippen LogP) is 1.65. The van der Waals surface area contributed by atoms with Gasteiger partial charge in [-0.3, -0.25) is 14.5 Å². The van der Waals surface area contributed by atoms with Gasteiger partial charge in [0.1, 0.15) is 5.82 Å². The number of aromatic nitrogens is 1. The number of rotatable bonds is 3. The molecule has 2 aliphatic rings. The molecule has 106 valence electrons. The van der Waals surface area contributed by atoms with E-state index in [2.05, 4.69) is 17.2 Å². The largest absolute Gasteiger partial charge is 0.373 e. The van der Waals surface area contributed by atoms with E-state index in [1.807, 2.05) is 12.1 Å². The fraction of sp³-hybridized carbons (Fsp3) is 0.533. The number of nitrogens with zero attached hydrogens (tertiary/aromatic N) is 2.